The molecule has 0 spiro atoms. The lowest BCUT2D eigenvalue weighted by Gasteiger charge is -2.40. The Hall–Kier alpha value is -1.87. The van der Waals surface area contributed by atoms with Crippen LogP contribution in [0.2, 0.25) is 0 Å². The molecule has 6 atom stereocenters. The van der Waals surface area contributed by atoms with Crippen molar-refractivity contribution in [2.24, 2.45) is 0 Å². The zero-order valence-electron chi connectivity index (χ0n) is 35.4. The lowest BCUT2D eigenvalue weighted by atomic mass is 10.00. The van der Waals surface area contributed by atoms with Crippen molar-refractivity contribution in [3.8, 4) is 0 Å². The zero-order chi connectivity index (χ0) is 42.0. The molecule has 1 aliphatic heterocycles. The van der Waals surface area contributed by atoms with E-state index in [1.165, 1.54) is 89.9 Å². The van der Waals surface area contributed by atoms with E-state index < -0.39 is 71.2 Å². The van der Waals surface area contributed by atoms with E-state index in [0.29, 0.717) is 12.8 Å². The number of carbonyl (C=O) groups excluding carboxylic acids is 2. The van der Waals surface area contributed by atoms with Gasteiger partial charge in [-0.25, -0.2) is 0 Å². The maximum Gasteiger partial charge on any atom is 0.306 e. The molecule has 12 nitrogen and oxygen atoms in total. The van der Waals surface area contributed by atoms with Crippen LogP contribution in [0.3, 0.4) is 0 Å². The number of esters is 2. The van der Waals surface area contributed by atoms with Gasteiger partial charge in [0, 0.05) is 12.8 Å². The number of allylic oxidation sites excluding steroid dienone is 4. The molecule has 1 heterocycles. The molecular weight excluding hydrogens is 753 g/mol. The number of rotatable bonds is 37. The van der Waals surface area contributed by atoms with Gasteiger partial charge in [-0.1, -0.05) is 160 Å². The molecule has 334 valence electrons. The van der Waals surface area contributed by atoms with Gasteiger partial charge in [0.2, 0.25) is 0 Å². The van der Waals surface area contributed by atoms with Gasteiger partial charge in [-0.15, -0.1) is 0 Å². The molecule has 1 aliphatic rings. The number of aliphatic hydroxyl groups excluding tert-OH is 3. The zero-order valence-corrected chi connectivity index (χ0v) is 36.3. The summed E-state index contributed by atoms with van der Waals surface area (Å²) in [6, 6.07) is 0. The van der Waals surface area contributed by atoms with Crippen LogP contribution in [0.1, 0.15) is 187 Å². The fourth-order valence-electron chi connectivity index (χ4n) is 6.79. The fourth-order valence-corrected chi connectivity index (χ4v) is 7.48. The Kier molecular flexibility index (Phi) is 32.6. The number of ether oxygens (including phenoxy) is 4. The van der Waals surface area contributed by atoms with E-state index in [0.717, 1.165) is 57.8 Å². The van der Waals surface area contributed by atoms with Crippen molar-refractivity contribution in [3.05, 3.63) is 24.3 Å². The van der Waals surface area contributed by atoms with Crippen LogP contribution >= 0.6 is 0 Å². The third kappa shape index (κ3) is 29.9. The molecule has 2 unspecified atom stereocenters. The monoisotopic (exact) mass is 833 g/mol. The summed E-state index contributed by atoms with van der Waals surface area (Å²) in [7, 11) is -4.60. The van der Waals surface area contributed by atoms with Crippen molar-refractivity contribution in [3.63, 3.8) is 0 Å². The highest BCUT2D eigenvalue weighted by atomic mass is 32.2. The van der Waals surface area contributed by atoms with Gasteiger partial charge in [0.15, 0.2) is 12.4 Å². The van der Waals surface area contributed by atoms with E-state index in [-0.39, 0.29) is 19.4 Å². The highest BCUT2D eigenvalue weighted by molar-refractivity contribution is 7.85. The van der Waals surface area contributed by atoms with Crippen molar-refractivity contribution in [2.75, 3.05) is 19.0 Å². The fraction of sp³-hybridized carbons (Fsp3) is 0.864. The van der Waals surface area contributed by atoms with Gasteiger partial charge in [-0.05, 0) is 38.5 Å². The van der Waals surface area contributed by atoms with Gasteiger partial charge < -0.3 is 34.3 Å². The third-order valence-corrected chi connectivity index (χ3v) is 11.1. The standard InChI is InChI=1S/C44H80O12S/c1-3-5-7-9-11-13-15-17-19-21-23-25-27-29-31-33-40(46)55-37(35-54-44-43(49)42(48)41(47)38(56-44)36-57(50,51)52)34-53-39(45)32-30-28-26-24-22-20-18-16-14-12-10-8-6-4-2/h13,15,17,19,37-38,41-44,47-49H,3-12,14,16,18,20-36H2,1-2H3,(H,50,51,52)/b15-13+,19-17+/t37-,38-,41-,42?,43?,44+/m1/s1. The Bertz CT molecular complexity index is 1160. The van der Waals surface area contributed by atoms with Gasteiger partial charge >= 0.3 is 11.9 Å². The molecule has 57 heavy (non-hydrogen) atoms. The van der Waals surface area contributed by atoms with Crippen LogP contribution in [0.25, 0.3) is 0 Å². The lowest BCUT2D eigenvalue weighted by Crippen LogP contribution is -2.60. The molecule has 0 aromatic rings. The van der Waals surface area contributed by atoms with Gasteiger partial charge in [-0.3, -0.25) is 14.1 Å². The van der Waals surface area contributed by atoms with E-state index in [1.54, 1.807) is 0 Å². The molecule has 0 saturated carbocycles. The topological polar surface area (TPSA) is 186 Å². The first kappa shape index (κ1) is 53.1. The molecule has 1 fully saturated rings. The summed E-state index contributed by atoms with van der Waals surface area (Å²) in [5, 5.41) is 30.8. The van der Waals surface area contributed by atoms with E-state index >= 15 is 0 Å². The highest BCUT2D eigenvalue weighted by Crippen LogP contribution is 2.24. The average Bonchev–Trinajstić information content (AvgIpc) is 3.17. The SMILES string of the molecule is CCCCCC/C=C/C=C/CCCCCCCC(=O)O[C@H](COC(=O)CCCCCCCCCCCCCCCC)CO[C@H]1O[C@H](CS(=O)(=O)O)[C@@H](O)C(O)C1O. The molecule has 1 rings (SSSR count). The van der Waals surface area contributed by atoms with Crippen LogP contribution in [0.4, 0.5) is 0 Å². The van der Waals surface area contributed by atoms with Crippen molar-refractivity contribution in [1.29, 1.82) is 0 Å². The molecule has 0 bridgehead atoms. The summed E-state index contributed by atoms with van der Waals surface area (Å²) >= 11 is 0. The van der Waals surface area contributed by atoms with Gasteiger partial charge in [-0.2, -0.15) is 8.42 Å². The summed E-state index contributed by atoms with van der Waals surface area (Å²) in [5.74, 6) is -2.00. The number of hydrogen-bond donors (Lipinski definition) is 4. The predicted octanol–water partition coefficient (Wildman–Crippen LogP) is 8.84. The minimum absolute atomic E-state index is 0.149. The molecule has 0 aliphatic carbocycles. The Morgan fingerprint density at radius 2 is 1.04 bits per heavy atom. The summed E-state index contributed by atoms with van der Waals surface area (Å²) < 4.78 is 54.0. The van der Waals surface area contributed by atoms with E-state index in [4.69, 9.17) is 18.9 Å². The molecule has 0 radical (unpaired) electrons. The minimum atomic E-state index is -4.60. The number of carbonyl (C=O) groups is 2. The molecule has 0 aromatic heterocycles. The van der Waals surface area contributed by atoms with E-state index in [2.05, 4.69) is 38.2 Å². The Morgan fingerprint density at radius 1 is 0.596 bits per heavy atom. The quantitative estimate of drug-likeness (QED) is 0.0202. The van der Waals surface area contributed by atoms with E-state index in [9.17, 15) is 37.9 Å². The predicted molar refractivity (Wildman–Crippen MR) is 224 cm³/mol. The molecule has 13 heteroatoms. The van der Waals surface area contributed by atoms with Crippen LogP contribution < -0.4 is 0 Å². The Labute approximate surface area is 345 Å². The smallest absolute Gasteiger partial charge is 0.306 e. The van der Waals surface area contributed by atoms with E-state index in [1.807, 2.05) is 0 Å². The van der Waals surface area contributed by atoms with Crippen LogP contribution in [-0.2, 0) is 38.7 Å². The highest BCUT2D eigenvalue weighted by Gasteiger charge is 2.46. The third-order valence-electron chi connectivity index (χ3n) is 10.3. The van der Waals surface area contributed by atoms with Gasteiger partial charge in [0.05, 0.1) is 6.61 Å². The second kappa shape index (κ2) is 34.9. The first-order valence-electron chi connectivity index (χ1n) is 22.4. The molecular formula is C44H80O12S. The summed E-state index contributed by atoms with van der Waals surface area (Å²) in [6.45, 7) is 3.73. The first-order chi connectivity index (χ1) is 27.5. The summed E-state index contributed by atoms with van der Waals surface area (Å²) in [4.78, 5) is 25.4. The summed E-state index contributed by atoms with van der Waals surface area (Å²) in [6.07, 6.45) is 27.9. The number of aliphatic hydroxyl groups is 3. The van der Waals surface area contributed by atoms with Crippen molar-refractivity contribution >= 4 is 22.1 Å². The average molecular weight is 833 g/mol. The number of hydrogen-bond acceptors (Lipinski definition) is 11. The van der Waals surface area contributed by atoms with Gasteiger partial charge in [0.1, 0.15) is 36.8 Å². The van der Waals surface area contributed by atoms with Crippen LogP contribution in [0, 0.1) is 0 Å². The van der Waals surface area contributed by atoms with Crippen LogP contribution in [0.5, 0.6) is 0 Å². The minimum Gasteiger partial charge on any atom is -0.462 e. The second-order valence-electron chi connectivity index (χ2n) is 15.7. The number of unbranched alkanes of at least 4 members (excludes halogenated alkanes) is 22. The first-order valence-corrected chi connectivity index (χ1v) is 24.0. The Morgan fingerprint density at radius 3 is 1.53 bits per heavy atom. The second-order valence-corrected chi connectivity index (χ2v) is 17.2. The normalized spacial score (nSPS) is 20.7. The van der Waals surface area contributed by atoms with Crippen molar-refractivity contribution < 1.29 is 56.8 Å². The van der Waals surface area contributed by atoms with Gasteiger partial charge in [0.25, 0.3) is 10.1 Å². The maximum absolute atomic E-state index is 12.8. The van der Waals surface area contributed by atoms with Crippen LogP contribution in [0.15, 0.2) is 24.3 Å². The maximum atomic E-state index is 12.8. The van der Waals surface area contributed by atoms with Crippen molar-refractivity contribution in [2.45, 2.75) is 224 Å². The van der Waals surface area contributed by atoms with Crippen molar-refractivity contribution in [1.82, 2.24) is 0 Å². The Balaban J connectivity index is 2.47. The lowest BCUT2D eigenvalue weighted by molar-refractivity contribution is -0.297. The summed E-state index contributed by atoms with van der Waals surface area (Å²) in [5.41, 5.74) is 0. The molecule has 4 N–H and O–H groups in total. The largest absolute Gasteiger partial charge is 0.462 e. The molecule has 0 amide bonds. The molecule has 1 saturated heterocycles. The molecule has 0 aromatic carbocycles. The van der Waals surface area contributed by atoms with Crippen LogP contribution in [-0.4, -0.2) is 96.0 Å².